The fraction of sp³-hybridized carbons (Fsp3) is 0.333. The first kappa shape index (κ1) is 13.5. The number of rotatable bonds is 3. The van der Waals surface area contributed by atoms with E-state index in [1.165, 1.54) is 24.9 Å². The van der Waals surface area contributed by atoms with E-state index in [0.717, 1.165) is 29.9 Å². The molecule has 0 aliphatic carbocycles. The van der Waals surface area contributed by atoms with Crippen molar-refractivity contribution in [2.45, 2.75) is 25.3 Å². The third-order valence-corrected chi connectivity index (χ3v) is 4.46. The molecule has 1 N–H and O–H groups in total. The van der Waals surface area contributed by atoms with Gasteiger partial charge in [0, 0.05) is 31.4 Å². The molecule has 2 aromatic heterocycles. The van der Waals surface area contributed by atoms with Gasteiger partial charge >= 0.3 is 0 Å². The summed E-state index contributed by atoms with van der Waals surface area (Å²) < 4.78 is 0. The Labute approximate surface area is 130 Å². The molecule has 4 nitrogen and oxygen atoms in total. The average molecular weight is 292 g/mol. The Kier molecular flexibility index (Phi) is 3.60. The lowest BCUT2D eigenvalue weighted by Crippen LogP contribution is -2.34. The number of pyridine rings is 1. The van der Waals surface area contributed by atoms with Gasteiger partial charge in [0.25, 0.3) is 0 Å². The van der Waals surface area contributed by atoms with Crippen LogP contribution in [0.3, 0.4) is 0 Å². The van der Waals surface area contributed by atoms with E-state index in [-0.39, 0.29) is 0 Å². The molecule has 22 heavy (non-hydrogen) atoms. The molecule has 3 heterocycles. The highest BCUT2D eigenvalue weighted by Crippen LogP contribution is 2.27. The highest BCUT2D eigenvalue weighted by Gasteiger charge is 2.23. The SMILES string of the molecule is c1ccc2[nH]c([C@H]3CCCN(Cc4ccncc4)C3)nc2c1. The van der Waals surface area contributed by atoms with Gasteiger partial charge in [-0.25, -0.2) is 4.98 Å². The van der Waals surface area contributed by atoms with Crippen LogP contribution < -0.4 is 0 Å². The van der Waals surface area contributed by atoms with Crippen LogP contribution >= 0.6 is 0 Å². The molecule has 0 amide bonds. The number of imidazole rings is 1. The van der Waals surface area contributed by atoms with Crippen LogP contribution in [0.25, 0.3) is 11.0 Å². The molecule has 1 atom stereocenters. The van der Waals surface area contributed by atoms with E-state index < -0.39 is 0 Å². The second-order valence-corrected chi connectivity index (χ2v) is 6.07. The number of likely N-dealkylation sites (tertiary alicyclic amines) is 1. The molecule has 1 fully saturated rings. The van der Waals surface area contributed by atoms with Crippen molar-refractivity contribution in [1.29, 1.82) is 0 Å². The number of para-hydroxylation sites is 2. The Balaban J connectivity index is 1.50. The van der Waals surface area contributed by atoms with Gasteiger partial charge in [0.15, 0.2) is 0 Å². The summed E-state index contributed by atoms with van der Waals surface area (Å²) in [6.07, 6.45) is 6.19. The smallest absolute Gasteiger partial charge is 0.111 e. The van der Waals surface area contributed by atoms with Crippen LogP contribution in [0.2, 0.25) is 0 Å². The molecule has 0 bridgehead atoms. The van der Waals surface area contributed by atoms with E-state index >= 15 is 0 Å². The lowest BCUT2D eigenvalue weighted by molar-refractivity contribution is 0.197. The van der Waals surface area contributed by atoms with Crippen molar-refractivity contribution in [2.24, 2.45) is 0 Å². The molecule has 1 saturated heterocycles. The summed E-state index contributed by atoms with van der Waals surface area (Å²) >= 11 is 0. The molecule has 0 spiro atoms. The zero-order chi connectivity index (χ0) is 14.8. The van der Waals surface area contributed by atoms with Crippen molar-refractivity contribution >= 4 is 11.0 Å². The predicted molar refractivity (Wildman–Crippen MR) is 87.6 cm³/mol. The fourth-order valence-corrected chi connectivity index (χ4v) is 3.33. The van der Waals surface area contributed by atoms with Crippen molar-refractivity contribution in [3.05, 3.63) is 60.2 Å². The average Bonchev–Trinajstić information content (AvgIpc) is 3.00. The van der Waals surface area contributed by atoms with Gasteiger partial charge in [-0.2, -0.15) is 0 Å². The molecule has 112 valence electrons. The number of H-pyrrole nitrogens is 1. The lowest BCUT2D eigenvalue weighted by atomic mass is 9.97. The van der Waals surface area contributed by atoms with E-state index in [9.17, 15) is 0 Å². The number of aromatic amines is 1. The summed E-state index contributed by atoms with van der Waals surface area (Å²) in [6.45, 7) is 3.24. The highest BCUT2D eigenvalue weighted by atomic mass is 15.1. The Morgan fingerprint density at radius 1 is 1.14 bits per heavy atom. The minimum Gasteiger partial charge on any atom is -0.342 e. The van der Waals surface area contributed by atoms with Gasteiger partial charge in [0.1, 0.15) is 5.82 Å². The Morgan fingerprint density at radius 3 is 2.86 bits per heavy atom. The van der Waals surface area contributed by atoms with Crippen molar-refractivity contribution in [3.63, 3.8) is 0 Å². The molecule has 1 aliphatic rings. The summed E-state index contributed by atoms with van der Waals surface area (Å²) in [5, 5.41) is 0. The largest absolute Gasteiger partial charge is 0.342 e. The minimum absolute atomic E-state index is 0.503. The van der Waals surface area contributed by atoms with Gasteiger partial charge in [-0.3, -0.25) is 9.88 Å². The first-order valence-electron chi connectivity index (χ1n) is 7.94. The summed E-state index contributed by atoms with van der Waals surface area (Å²) in [4.78, 5) is 14.9. The van der Waals surface area contributed by atoms with Gasteiger partial charge in [-0.05, 0) is 49.2 Å². The van der Waals surface area contributed by atoms with E-state index in [0.29, 0.717) is 5.92 Å². The number of benzene rings is 1. The molecule has 4 rings (SSSR count). The van der Waals surface area contributed by atoms with Crippen LogP contribution in [0, 0.1) is 0 Å². The zero-order valence-electron chi connectivity index (χ0n) is 12.6. The number of nitrogens with zero attached hydrogens (tertiary/aromatic N) is 3. The van der Waals surface area contributed by atoms with Crippen LogP contribution in [-0.2, 0) is 6.54 Å². The number of hydrogen-bond acceptors (Lipinski definition) is 3. The monoisotopic (exact) mass is 292 g/mol. The second-order valence-electron chi connectivity index (χ2n) is 6.07. The standard InChI is InChI=1S/C18H20N4/c1-2-6-17-16(5-1)20-18(21-17)15-4-3-11-22(13-15)12-14-7-9-19-10-8-14/h1-2,5-10,15H,3-4,11-13H2,(H,20,21)/t15-/m0/s1. The highest BCUT2D eigenvalue weighted by molar-refractivity contribution is 5.74. The number of aromatic nitrogens is 3. The fourth-order valence-electron chi connectivity index (χ4n) is 3.33. The molecule has 1 aliphatic heterocycles. The first-order valence-corrected chi connectivity index (χ1v) is 7.94. The van der Waals surface area contributed by atoms with Crippen LogP contribution in [0.15, 0.2) is 48.8 Å². The Morgan fingerprint density at radius 2 is 2.00 bits per heavy atom. The van der Waals surface area contributed by atoms with Crippen LogP contribution in [0.5, 0.6) is 0 Å². The maximum absolute atomic E-state index is 4.79. The minimum atomic E-state index is 0.503. The molecular formula is C18H20N4. The van der Waals surface area contributed by atoms with Gasteiger partial charge in [-0.1, -0.05) is 12.1 Å². The molecule has 3 aromatic rings. The van der Waals surface area contributed by atoms with Crippen LogP contribution in [-0.4, -0.2) is 32.9 Å². The Hall–Kier alpha value is -2.20. The topological polar surface area (TPSA) is 44.8 Å². The molecule has 0 unspecified atom stereocenters. The maximum atomic E-state index is 4.79. The van der Waals surface area contributed by atoms with E-state index in [2.05, 4.69) is 45.2 Å². The predicted octanol–water partition coefficient (Wildman–Crippen LogP) is 3.34. The van der Waals surface area contributed by atoms with Gasteiger partial charge in [0.2, 0.25) is 0 Å². The molecular weight excluding hydrogens is 272 g/mol. The van der Waals surface area contributed by atoms with Crippen molar-refractivity contribution in [3.8, 4) is 0 Å². The van der Waals surface area contributed by atoms with Gasteiger partial charge in [-0.15, -0.1) is 0 Å². The van der Waals surface area contributed by atoms with Gasteiger partial charge in [0.05, 0.1) is 11.0 Å². The van der Waals surface area contributed by atoms with Crippen molar-refractivity contribution in [1.82, 2.24) is 19.9 Å². The van der Waals surface area contributed by atoms with E-state index in [1.807, 2.05) is 18.5 Å². The zero-order valence-corrected chi connectivity index (χ0v) is 12.6. The molecule has 0 saturated carbocycles. The van der Waals surface area contributed by atoms with E-state index in [4.69, 9.17) is 4.98 Å². The number of fused-ring (bicyclic) bond motifs is 1. The third-order valence-electron chi connectivity index (χ3n) is 4.46. The third kappa shape index (κ3) is 2.74. The van der Waals surface area contributed by atoms with Crippen molar-refractivity contribution < 1.29 is 0 Å². The summed E-state index contributed by atoms with van der Waals surface area (Å²) in [7, 11) is 0. The summed E-state index contributed by atoms with van der Waals surface area (Å²) in [5.41, 5.74) is 3.55. The molecule has 4 heteroatoms. The number of nitrogens with one attached hydrogen (secondary N) is 1. The van der Waals surface area contributed by atoms with Gasteiger partial charge < -0.3 is 4.98 Å². The molecule has 0 radical (unpaired) electrons. The Bertz CT molecular complexity index is 717. The summed E-state index contributed by atoms with van der Waals surface area (Å²) in [6, 6.07) is 12.5. The number of hydrogen-bond donors (Lipinski definition) is 1. The van der Waals surface area contributed by atoms with E-state index in [1.54, 1.807) is 0 Å². The number of piperidine rings is 1. The normalized spacial score (nSPS) is 19.5. The second kappa shape index (κ2) is 5.89. The molecule has 1 aromatic carbocycles. The summed E-state index contributed by atoms with van der Waals surface area (Å²) in [5.74, 6) is 1.64. The van der Waals surface area contributed by atoms with Crippen LogP contribution in [0.4, 0.5) is 0 Å². The maximum Gasteiger partial charge on any atom is 0.111 e. The first-order chi connectivity index (χ1) is 10.9. The quantitative estimate of drug-likeness (QED) is 0.805. The van der Waals surface area contributed by atoms with Crippen LogP contribution in [0.1, 0.15) is 30.1 Å². The lowest BCUT2D eigenvalue weighted by Gasteiger charge is -2.31. The van der Waals surface area contributed by atoms with Crippen molar-refractivity contribution in [2.75, 3.05) is 13.1 Å².